The summed E-state index contributed by atoms with van der Waals surface area (Å²) in [6.07, 6.45) is 4.08. The molecular formula is C8H10Br2S. The van der Waals surface area contributed by atoms with Gasteiger partial charge in [0, 0.05) is 8.95 Å². The van der Waals surface area contributed by atoms with Crippen LogP contribution in [0.3, 0.4) is 0 Å². The maximum atomic E-state index is 3.32. The van der Waals surface area contributed by atoms with Crippen LogP contribution in [0.1, 0.15) is 0 Å². The van der Waals surface area contributed by atoms with E-state index in [0.29, 0.717) is 0 Å². The molecule has 1 aromatic carbocycles. The van der Waals surface area contributed by atoms with Gasteiger partial charge in [0.05, 0.1) is 0 Å². The first-order chi connectivity index (χ1) is 5.20. The van der Waals surface area contributed by atoms with Gasteiger partial charge in [-0.3, -0.25) is 0 Å². The zero-order valence-electron chi connectivity index (χ0n) is 6.47. The van der Waals surface area contributed by atoms with Gasteiger partial charge in [0.15, 0.2) is 0 Å². The molecule has 0 spiro atoms. The summed E-state index contributed by atoms with van der Waals surface area (Å²) in [5, 5.41) is 0. The third-order valence-corrected chi connectivity index (χ3v) is 1.86. The van der Waals surface area contributed by atoms with Crippen LogP contribution in [0.4, 0.5) is 0 Å². The predicted molar refractivity (Wildman–Crippen MR) is 61.3 cm³/mol. The highest BCUT2D eigenvalue weighted by molar-refractivity contribution is 9.11. The molecule has 0 saturated heterocycles. The van der Waals surface area contributed by atoms with Crippen molar-refractivity contribution < 1.29 is 0 Å². The fourth-order valence-electron chi connectivity index (χ4n) is 0.430. The van der Waals surface area contributed by atoms with Crippen LogP contribution < -0.4 is 0 Å². The minimum Gasteiger partial charge on any atom is -0.169 e. The molecule has 0 aliphatic heterocycles. The van der Waals surface area contributed by atoms with Crippen molar-refractivity contribution >= 4 is 43.6 Å². The molecule has 1 rings (SSSR count). The van der Waals surface area contributed by atoms with Crippen molar-refractivity contribution in [2.45, 2.75) is 0 Å². The second kappa shape index (κ2) is 7.19. The first-order valence-electron chi connectivity index (χ1n) is 3.02. The van der Waals surface area contributed by atoms with Crippen LogP contribution >= 0.6 is 43.6 Å². The van der Waals surface area contributed by atoms with Gasteiger partial charge < -0.3 is 0 Å². The second-order valence-corrected chi connectivity index (χ2v) is 4.49. The molecule has 0 heterocycles. The van der Waals surface area contributed by atoms with Crippen molar-refractivity contribution in [3.05, 3.63) is 33.2 Å². The Morgan fingerprint density at radius 3 is 1.27 bits per heavy atom. The van der Waals surface area contributed by atoms with Crippen molar-refractivity contribution in [1.29, 1.82) is 0 Å². The molecule has 0 saturated carbocycles. The van der Waals surface area contributed by atoms with Crippen LogP contribution in [0.2, 0.25) is 0 Å². The van der Waals surface area contributed by atoms with Gasteiger partial charge in [-0.2, -0.15) is 11.8 Å². The van der Waals surface area contributed by atoms with E-state index in [0.717, 1.165) is 8.95 Å². The Morgan fingerprint density at radius 2 is 1.09 bits per heavy atom. The predicted octanol–water partition coefficient (Wildman–Crippen LogP) is 4.19. The lowest BCUT2D eigenvalue weighted by Gasteiger charge is -1.86. The van der Waals surface area contributed by atoms with E-state index in [1.807, 2.05) is 36.8 Å². The molecular weight excluding hydrogens is 288 g/mol. The van der Waals surface area contributed by atoms with E-state index in [1.54, 1.807) is 11.8 Å². The van der Waals surface area contributed by atoms with Crippen LogP contribution in [0, 0.1) is 0 Å². The van der Waals surface area contributed by atoms with Crippen LogP contribution in [-0.4, -0.2) is 12.5 Å². The summed E-state index contributed by atoms with van der Waals surface area (Å²) in [6.45, 7) is 0. The number of thioether (sulfide) groups is 1. The van der Waals surface area contributed by atoms with Gasteiger partial charge in [0.1, 0.15) is 0 Å². The molecule has 0 fully saturated rings. The van der Waals surface area contributed by atoms with Crippen molar-refractivity contribution in [3.8, 4) is 0 Å². The lowest BCUT2D eigenvalue weighted by Crippen LogP contribution is -1.61. The fraction of sp³-hybridized carbons (Fsp3) is 0.250. The van der Waals surface area contributed by atoms with E-state index >= 15 is 0 Å². The van der Waals surface area contributed by atoms with Gasteiger partial charge in [0.25, 0.3) is 0 Å². The Labute approximate surface area is 89.0 Å². The fourth-order valence-corrected chi connectivity index (χ4v) is 0.958. The Morgan fingerprint density at radius 1 is 0.909 bits per heavy atom. The molecule has 0 aliphatic rings. The van der Waals surface area contributed by atoms with Crippen molar-refractivity contribution in [2.24, 2.45) is 0 Å². The van der Waals surface area contributed by atoms with Crippen molar-refractivity contribution in [3.63, 3.8) is 0 Å². The Bertz CT molecular complexity index is 163. The summed E-state index contributed by atoms with van der Waals surface area (Å²) in [5.41, 5.74) is 0. The van der Waals surface area contributed by atoms with Crippen molar-refractivity contribution in [2.75, 3.05) is 12.5 Å². The zero-order valence-corrected chi connectivity index (χ0v) is 10.5. The van der Waals surface area contributed by atoms with E-state index in [1.165, 1.54) is 0 Å². The van der Waals surface area contributed by atoms with Gasteiger partial charge in [-0.25, -0.2) is 0 Å². The van der Waals surface area contributed by atoms with Crippen LogP contribution in [0.15, 0.2) is 33.2 Å². The molecule has 0 atom stereocenters. The first-order valence-corrected chi connectivity index (χ1v) is 6.23. The molecule has 0 nitrogen and oxygen atoms in total. The molecule has 11 heavy (non-hydrogen) atoms. The molecule has 0 aliphatic carbocycles. The van der Waals surface area contributed by atoms with Crippen molar-refractivity contribution in [1.82, 2.24) is 0 Å². The maximum Gasteiger partial charge on any atom is 0.0176 e. The van der Waals surface area contributed by atoms with Crippen LogP contribution in [-0.2, 0) is 0 Å². The minimum absolute atomic E-state index is 1.11. The van der Waals surface area contributed by atoms with E-state index in [-0.39, 0.29) is 0 Å². The average Bonchev–Trinajstić information content (AvgIpc) is 1.97. The summed E-state index contributed by atoms with van der Waals surface area (Å²) < 4.78 is 2.22. The topological polar surface area (TPSA) is 0 Å². The molecule has 3 heteroatoms. The summed E-state index contributed by atoms with van der Waals surface area (Å²) in [7, 11) is 0. The minimum atomic E-state index is 1.11. The van der Waals surface area contributed by atoms with Gasteiger partial charge in [-0.1, -0.05) is 31.9 Å². The standard InChI is InChI=1S/C6H4Br2.C2H6S/c7-5-1-2-6(8)4-3-5;1-3-2/h1-4H;1-2H3. The molecule has 0 unspecified atom stereocenters. The summed E-state index contributed by atoms with van der Waals surface area (Å²) >= 11 is 8.40. The van der Waals surface area contributed by atoms with Crippen LogP contribution in [0.5, 0.6) is 0 Å². The number of hydrogen-bond donors (Lipinski definition) is 0. The molecule has 0 bridgehead atoms. The van der Waals surface area contributed by atoms with Gasteiger partial charge in [-0.15, -0.1) is 0 Å². The SMILES string of the molecule is Brc1ccc(Br)cc1.CSC. The lowest BCUT2D eigenvalue weighted by atomic mass is 10.4. The Kier molecular flexibility index (Phi) is 7.54. The number of halogens is 2. The third-order valence-electron chi connectivity index (χ3n) is 0.804. The molecule has 62 valence electrons. The Balaban J connectivity index is 0.000000292. The molecule has 0 amide bonds. The molecule has 1 aromatic rings. The van der Waals surface area contributed by atoms with Gasteiger partial charge >= 0.3 is 0 Å². The third kappa shape index (κ3) is 6.91. The average molecular weight is 298 g/mol. The normalized spacial score (nSPS) is 8.36. The molecule has 0 N–H and O–H groups in total. The summed E-state index contributed by atoms with van der Waals surface area (Å²) in [6, 6.07) is 7.96. The number of benzene rings is 1. The summed E-state index contributed by atoms with van der Waals surface area (Å²) in [4.78, 5) is 0. The van der Waals surface area contributed by atoms with E-state index in [2.05, 4.69) is 31.9 Å². The van der Waals surface area contributed by atoms with Gasteiger partial charge in [0.2, 0.25) is 0 Å². The quantitative estimate of drug-likeness (QED) is 0.692. The summed E-state index contributed by atoms with van der Waals surface area (Å²) in [5.74, 6) is 0. The second-order valence-electron chi connectivity index (χ2n) is 1.84. The highest BCUT2D eigenvalue weighted by atomic mass is 79.9. The van der Waals surface area contributed by atoms with Crippen LogP contribution in [0.25, 0.3) is 0 Å². The monoisotopic (exact) mass is 296 g/mol. The first kappa shape index (κ1) is 11.5. The maximum absolute atomic E-state index is 3.32. The highest BCUT2D eigenvalue weighted by Gasteiger charge is 1.83. The van der Waals surface area contributed by atoms with E-state index < -0.39 is 0 Å². The lowest BCUT2D eigenvalue weighted by molar-refractivity contribution is 1.61. The van der Waals surface area contributed by atoms with E-state index in [9.17, 15) is 0 Å². The van der Waals surface area contributed by atoms with E-state index in [4.69, 9.17) is 0 Å². The molecule has 0 aromatic heterocycles. The number of rotatable bonds is 0. The highest BCUT2D eigenvalue weighted by Crippen LogP contribution is 2.14. The molecule has 0 radical (unpaired) electrons. The number of hydrogen-bond acceptors (Lipinski definition) is 1. The largest absolute Gasteiger partial charge is 0.169 e. The smallest absolute Gasteiger partial charge is 0.0176 e. The van der Waals surface area contributed by atoms with Gasteiger partial charge in [-0.05, 0) is 36.8 Å². The Hall–Kier alpha value is 0.530. The zero-order chi connectivity index (χ0) is 8.69.